The standard InChI is InChI=1S/C15H17BrN2O/c1-3-14-13(10-19)15(4-2)18(17-14)9-11-5-7-12(16)8-6-11/h5-8,10H,3-4,9H2,1-2H3. The third-order valence-electron chi connectivity index (χ3n) is 3.21. The maximum atomic E-state index is 11.2. The monoisotopic (exact) mass is 320 g/mol. The minimum Gasteiger partial charge on any atom is -0.298 e. The molecule has 0 N–H and O–H groups in total. The topological polar surface area (TPSA) is 34.9 Å². The van der Waals surface area contributed by atoms with Gasteiger partial charge in [-0.2, -0.15) is 5.10 Å². The second kappa shape index (κ2) is 6.15. The van der Waals surface area contributed by atoms with Crippen LogP contribution in [0.1, 0.15) is 41.2 Å². The fraction of sp³-hybridized carbons (Fsp3) is 0.333. The molecule has 0 bridgehead atoms. The number of nitrogens with zero attached hydrogens (tertiary/aromatic N) is 2. The molecule has 100 valence electrons. The van der Waals surface area contributed by atoms with Crippen LogP contribution < -0.4 is 0 Å². The number of hydrogen-bond donors (Lipinski definition) is 0. The maximum Gasteiger partial charge on any atom is 0.153 e. The van der Waals surface area contributed by atoms with Crippen molar-refractivity contribution in [1.82, 2.24) is 9.78 Å². The average Bonchev–Trinajstić information content (AvgIpc) is 2.78. The van der Waals surface area contributed by atoms with E-state index < -0.39 is 0 Å². The summed E-state index contributed by atoms with van der Waals surface area (Å²) in [6.45, 7) is 4.79. The van der Waals surface area contributed by atoms with Crippen LogP contribution in [-0.4, -0.2) is 16.1 Å². The van der Waals surface area contributed by atoms with Crippen molar-refractivity contribution in [2.45, 2.75) is 33.2 Å². The summed E-state index contributed by atoms with van der Waals surface area (Å²) in [6, 6.07) is 8.17. The number of halogens is 1. The lowest BCUT2D eigenvalue weighted by Crippen LogP contribution is -2.06. The fourth-order valence-corrected chi connectivity index (χ4v) is 2.49. The SMILES string of the molecule is CCc1nn(Cc2ccc(Br)cc2)c(CC)c1C=O. The molecule has 0 radical (unpaired) electrons. The first-order valence-electron chi connectivity index (χ1n) is 6.47. The first-order chi connectivity index (χ1) is 9.19. The molecule has 0 saturated carbocycles. The van der Waals surface area contributed by atoms with Gasteiger partial charge in [0.25, 0.3) is 0 Å². The largest absolute Gasteiger partial charge is 0.298 e. The summed E-state index contributed by atoms with van der Waals surface area (Å²) in [5.41, 5.74) is 3.86. The van der Waals surface area contributed by atoms with Crippen LogP contribution in [0.5, 0.6) is 0 Å². The Bertz CT molecular complexity index is 573. The van der Waals surface area contributed by atoms with Crippen molar-refractivity contribution in [3.63, 3.8) is 0 Å². The lowest BCUT2D eigenvalue weighted by atomic mass is 10.1. The van der Waals surface area contributed by atoms with Crippen LogP contribution in [0, 0.1) is 0 Å². The minimum atomic E-state index is 0.706. The highest BCUT2D eigenvalue weighted by molar-refractivity contribution is 9.10. The number of hydrogen-bond acceptors (Lipinski definition) is 2. The van der Waals surface area contributed by atoms with Gasteiger partial charge in [0.15, 0.2) is 6.29 Å². The smallest absolute Gasteiger partial charge is 0.153 e. The lowest BCUT2D eigenvalue weighted by Gasteiger charge is -2.06. The third-order valence-corrected chi connectivity index (χ3v) is 3.74. The van der Waals surface area contributed by atoms with E-state index in [-0.39, 0.29) is 0 Å². The molecule has 19 heavy (non-hydrogen) atoms. The summed E-state index contributed by atoms with van der Waals surface area (Å²) < 4.78 is 3.02. The number of benzene rings is 1. The average molecular weight is 321 g/mol. The number of rotatable bonds is 5. The molecule has 0 aliphatic heterocycles. The van der Waals surface area contributed by atoms with Crippen molar-refractivity contribution < 1.29 is 4.79 Å². The Balaban J connectivity index is 2.36. The molecule has 3 nitrogen and oxygen atoms in total. The molecule has 0 unspecified atom stereocenters. The van der Waals surface area contributed by atoms with Gasteiger partial charge >= 0.3 is 0 Å². The number of aryl methyl sites for hydroxylation is 1. The highest BCUT2D eigenvalue weighted by Crippen LogP contribution is 2.17. The van der Waals surface area contributed by atoms with E-state index in [0.717, 1.165) is 40.6 Å². The zero-order chi connectivity index (χ0) is 13.8. The predicted octanol–water partition coefficient (Wildman–Crippen LogP) is 3.63. The molecule has 1 aromatic carbocycles. The highest BCUT2D eigenvalue weighted by Gasteiger charge is 2.14. The van der Waals surface area contributed by atoms with Crippen LogP contribution >= 0.6 is 15.9 Å². The van der Waals surface area contributed by atoms with Gasteiger partial charge in [-0.05, 0) is 30.5 Å². The Hall–Kier alpha value is -1.42. The number of aldehydes is 1. The van der Waals surface area contributed by atoms with E-state index in [4.69, 9.17) is 0 Å². The van der Waals surface area contributed by atoms with Gasteiger partial charge in [-0.1, -0.05) is 41.9 Å². The van der Waals surface area contributed by atoms with E-state index in [1.54, 1.807) is 0 Å². The second-order valence-corrected chi connectivity index (χ2v) is 5.33. The Kier molecular flexibility index (Phi) is 4.53. The molecule has 1 heterocycles. The lowest BCUT2D eigenvalue weighted by molar-refractivity contribution is 0.112. The first kappa shape index (κ1) is 14.0. The van der Waals surface area contributed by atoms with Gasteiger partial charge in [-0.3, -0.25) is 9.48 Å². The van der Waals surface area contributed by atoms with Crippen LogP contribution in [0.25, 0.3) is 0 Å². The van der Waals surface area contributed by atoms with Crippen molar-refractivity contribution in [3.8, 4) is 0 Å². The molecule has 2 rings (SSSR count). The van der Waals surface area contributed by atoms with E-state index in [1.165, 1.54) is 5.56 Å². The molecule has 0 amide bonds. The zero-order valence-corrected chi connectivity index (χ0v) is 12.8. The van der Waals surface area contributed by atoms with Crippen molar-refractivity contribution in [2.24, 2.45) is 0 Å². The van der Waals surface area contributed by atoms with Crippen molar-refractivity contribution >= 4 is 22.2 Å². The summed E-state index contributed by atoms with van der Waals surface area (Å²) >= 11 is 3.43. The molecule has 0 fully saturated rings. The molecule has 0 aliphatic rings. The number of carbonyl (C=O) groups excluding carboxylic acids is 1. The van der Waals surface area contributed by atoms with E-state index in [1.807, 2.05) is 23.7 Å². The second-order valence-electron chi connectivity index (χ2n) is 4.42. The molecule has 1 aromatic heterocycles. The quantitative estimate of drug-likeness (QED) is 0.788. The summed E-state index contributed by atoms with van der Waals surface area (Å²) in [5.74, 6) is 0. The Morgan fingerprint density at radius 1 is 1.21 bits per heavy atom. The van der Waals surface area contributed by atoms with Gasteiger partial charge in [0.1, 0.15) is 0 Å². The van der Waals surface area contributed by atoms with Crippen LogP contribution in [-0.2, 0) is 19.4 Å². The van der Waals surface area contributed by atoms with Gasteiger partial charge < -0.3 is 0 Å². The summed E-state index contributed by atoms with van der Waals surface area (Å²) in [6.07, 6.45) is 2.54. The van der Waals surface area contributed by atoms with E-state index in [0.29, 0.717) is 6.54 Å². The van der Waals surface area contributed by atoms with Crippen LogP contribution in [0.2, 0.25) is 0 Å². The van der Waals surface area contributed by atoms with Gasteiger partial charge in [-0.25, -0.2) is 0 Å². The Morgan fingerprint density at radius 3 is 2.42 bits per heavy atom. The molecule has 4 heteroatoms. The van der Waals surface area contributed by atoms with Crippen molar-refractivity contribution in [2.75, 3.05) is 0 Å². The first-order valence-corrected chi connectivity index (χ1v) is 7.27. The van der Waals surface area contributed by atoms with Crippen molar-refractivity contribution in [3.05, 3.63) is 51.3 Å². The van der Waals surface area contributed by atoms with Crippen LogP contribution in [0.3, 0.4) is 0 Å². The molecular formula is C15H17BrN2O. The number of carbonyl (C=O) groups is 1. The summed E-state index contributed by atoms with van der Waals surface area (Å²) in [4.78, 5) is 11.2. The molecule has 2 aromatic rings. The molecule has 0 aliphatic carbocycles. The van der Waals surface area contributed by atoms with Gasteiger partial charge in [0, 0.05) is 10.2 Å². The van der Waals surface area contributed by atoms with E-state index in [9.17, 15) is 4.79 Å². The van der Waals surface area contributed by atoms with Crippen LogP contribution in [0.15, 0.2) is 28.7 Å². The molecule has 0 saturated heterocycles. The van der Waals surface area contributed by atoms with E-state index >= 15 is 0 Å². The summed E-state index contributed by atoms with van der Waals surface area (Å²) in [5, 5.41) is 4.56. The Labute approximate surface area is 121 Å². The molecule has 0 atom stereocenters. The minimum absolute atomic E-state index is 0.706. The van der Waals surface area contributed by atoms with Gasteiger partial charge in [0.2, 0.25) is 0 Å². The predicted molar refractivity (Wildman–Crippen MR) is 79.6 cm³/mol. The maximum absolute atomic E-state index is 11.2. The van der Waals surface area contributed by atoms with Gasteiger partial charge in [-0.15, -0.1) is 0 Å². The Morgan fingerprint density at radius 2 is 1.89 bits per heavy atom. The number of aromatic nitrogens is 2. The normalized spacial score (nSPS) is 10.7. The van der Waals surface area contributed by atoms with Gasteiger partial charge in [0.05, 0.1) is 17.8 Å². The zero-order valence-electron chi connectivity index (χ0n) is 11.2. The fourth-order valence-electron chi connectivity index (χ4n) is 2.23. The molecular weight excluding hydrogens is 304 g/mol. The van der Waals surface area contributed by atoms with Crippen LogP contribution in [0.4, 0.5) is 0 Å². The third kappa shape index (κ3) is 2.95. The highest BCUT2D eigenvalue weighted by atomic mass is 79.9. The molecule has 0 spiro atoms. The van der Waals surface area contributed by atoms with Crippen molar-refractivity contribution in [1.29, 1.82) is 0 Å². The van der Waals surface area contributed by atoms with E-state index in [2.05, 4.69) is 40.1 Å². The summed E-state index contributed by atoms with van der Waals surface area (Å²) in [7, 11) is 0.